The molecule has 94 valence electrons. The van der Waals surface area contributed by atoms with Gasteiger partial charge >= 0.3 is 0 Å². The molecule has 2 nitrogen and oxygen atoms in total. The van der Waals surface area contributed by atoms with Crippen molar-refractivity contribution < 1.29 is 5.11 Å². The number of benzene rings is 2. The average Bonchev–Trinajstić information content (AvgIpc) is 2.40. The van der Waals surface area contributed by atoms with Gasteiger partial charge in [0.2, 0.25) is 0 Å². The summed E-state index contributed by atoms with van der Waals surface area (Å²) < 4.78 is 0.940. The number of anilines is 1. The van der Waals surface area contributed by atoms with Crippen LogP contribution in [0.1, 0.15) is 11.6 Å². The highest BCUT2D eigenvalue weighted by Gasteiger charge is 2.14. The number of hydrogen-bond donors (Lipinski definition) is 2. The Morgan fingerprint density at radius 1 is 1.17 bits per heavy atom. The molecule has 0 saturated heterocycles. The largest absolute Gasteiger partial charge is 0.394 e. The Balaban J connectivity index is 2.26. The van der Waals surface area contributed by atoms with E-state index in [-0.39, 0.29) is 12.6 Å². The first-order chi connectivity index (χ1) is 8.70. The second-order valence-corrected chi connectivity index (χ2v) is 5.23. The summed E-state index contributed by atoms with van der Waals surface area (Å²) in [5.41, 5.74) is 1.82. The highest BCUT2D eigenvalue weighted by Crippen LogP contribution is 2.28. The molecule has 2 rings (SSSR count). The van der Waals surface area contributed by atoms with E-state index in [9.17, 15) is 5.11 Å². The molecular formula is C14H13BrClNO. The van der Waals surface area contributed by atoms with E-state index in [0.29, 0.717) is 5.02 Å². The lowest BCUT2D eigenvalue weighted by Crippen LogP contribution is -2.15. The second kappa shape index (κ2) is 6.23. The Morgan fingerprint density at radius 2 is 1.89 bits per heavy atom. The van der Waals surface area contributed by atoms with Crippen LogP contribution in [0.2, 0.25) is 5.02 Å². The molecule has 1 atom stereocenters. The molecule has 0 aromatic heterocycles. The Labute approximate surface area is 120 Å². The van der Waals surface area contributed by atoms with Crippen LogP contribution in [0.4, 0.5) is 5.69 Å². The van der Waals surface area contributed by atoms with Crippen LogP contribution in [0, 0.1) is 0 Å². The summed E-state index contributed by atoms with van der Waals surface area (Å²) in [6, 6.07) is 15.1. The maximum absolute atomic E-state index is 9.52. The molecule has 0 aliphatic heterocycles. The number of para-hydroxylation sites is 1. The summed E-state index contributed by atoms with van der Waals surface area (Å²) >= 11 is 9.58. The molecular weight excluding hydrogens is 314 g/mol. The maximum atomic E-state index is 9.52. The molecule has 2 N–H and O–H groups in total. The Hall–Kier alpha value is -1.03. The number of nitrogens with one attached hydrogen (secondary N) is 1. The molecule has 0 heterocycles. The van der Waals surface area contributed by atoms with Gasteiger partial charge in [0.25, 0.3) is 0 Å². The molecule has 0 bridgehead atoms. The van der Waals surface area contributed by atoms with E-state index in [1.165, 1.54) is 0 Å². The molecule has 18 heavy (non-hydrogen) atoms. The van der Waals surface area contributed by atoms with Crippen LogP contribution in [0.3, 0.4) is 0 Å². The van der Waals surface area contributed by atoms with E-state index < -0.39 is 0 Å². The van der Waals surface area contributed by atoms with Crippen molar-refractivity contribution >= 4 is 33.2 Å². The zero-order valence-corrected chi connectivity index (χ0v) is 11.9. The van der Waals surface area contributed by atoms with Gasteiger partial charge in [0, 0.05) is 15.2 Å². The first kappa shape index (κ1) is 13.4. The van der Waals surface area contributed by atoms with Crippen molar-refractivity contribution in [1.82, 2.24) is 0 Å². The lowest BCUT2D eigenvalue weighted by atomic mass is 10.1. The van der Waals surface area contributed by atoms with Crippen LogP contribution < -0.4 is 5.32 Å². The molecule has 0 amide bonds. The molecule has 0 radical (unpaired) electrons. The van der Waals surface area contributed by atoms with Gasteiger partial charge in [-0.15, -0.1) is 0 Å². The van der Waals surface area contributed by atoms with Crippen molar-refractivity contribution in [2.24, 2.45) is 0 Å². The minimum atomic E-state index is -0.225. The first-order valence-electron chi connectivity index (χ1n) is 5.58. The summed E-state index contributed by atoms with van der Waals surface area (Å²) in [7, 11) is 0. The fourth-order valence-corrected chi connectivity index (χ4v) is 2.37. The van der Waals surface area contributed by atoms with Crippen LogP contribution in [-0.2, 0) is 0 Å². The minimum Gasteiger partial charge on any atom is -0.394 e. The lowest BCUT2D eigenvalue weighted by Gasteiger charge is -2.19. The van der Waals surface area contributed by atoms with Gasteiger partial charge in [-0.1, -0.05) is 45.7 Å². The molecule has 2 aromatic carbocycles. The van der Waals surface area contributed by atoms with Gasteiger partial charge < -0.3 is 10.4 Å². The number of aliphatic hydroxyl groups is 1. The van der Waals surface area contributed by atoms with E-state index in [2.05, 4.69) is 21.2 Å². The quantitative estimate of drug-likeness (QED) is 0.880. The highest BCUT2D eigenvalue weighted by molar-refractivity contribution is 9.10. The van der Waals surface area contributed by atoms with E-state index >= 15 is 0 Å². The SMILES string of the molecule is OCC(Nc1ccccc1)c1cc(Br)ccc1Cl. The molecule has 0 spiro atoms. The number of halogens is 2. The average molecular weight is 327 g/mol. The fraction of sp³-hybridized carbons (Fsp3) is 0.143. The predicted octanol–water partition coefficient (Wildman–Crippen LogP) is 4.25. The van der Waals surface area contributed by atoms with Gasteiger partial charge in [-0.2, -0.15) is 0 Å². The van der Waals surface area contributed by atoms with Crippen molar-refractivity contribution in [3.63, 3.8) is 0 Å². The van der Waals surface area contributed by atoms with Crippen LogP contribution >= 0.6 is 27.5 Å². The van der Waals surface area contributed by atoms with E-state index in [0.717, 1.165) is 15.7 Å². The molecule has 1 unspecified atom stereocenters. The van der Waals surface area contributed by atoms with Crippen LogP contribution in [0.15, 0.2) is 53.0 Å². The smallest absolute Gasteiger partial charge is 0.0759 e. The highest BCUT2D eigenvalue weighted by atomic mass is 79.9. The third kappa shape index (κ3) is 3.25. The predicted molar refractivity (Wildman–Crippen MR) is 79.0 cm³/mol. The lowest BCUT2D eigenvalue weighted by molar-refractivity contribution is 0.276. The van der Waals surface area contributed by atoms with Crippen LogP contribution in [0.5, 0.6) is 0 Å². The zero-order chi connectivity index (χ0) is 13.0. The normalized spacial score (nSPS) is 12.2. The second-order valence-electron chi connectivity index (χ2n) is 3.91. The Bertz CT molecular complexity index is 518. The van der Waals surface area contributed by atoms with E-state index in [1.54, 1.807) is 0 Å². The van der Waals surface area contributed by atoms with E-state index in [1.807, 2.05) is 48.5 Å². The van der Waals surface area contributed by atoms with Crippen LogP contribution in [0.25, 0.3) is 0 Å². The summed E-state index contributed by atoms with van der Waals surface area (Å²) in [6.45, 7) is -0.0228. The standard InChI is InChI=1S/C14H13BrClNO/c15-10-6-7-13(16)12(8-10)14(9-18)17-11-4-2-1-3-5-11/h1-8,14,17-18H,9H2. The number of rotatable bonds is 4. The molecule has 2 aromatic rings. The summed E-state index contributed by atoms with van der Waals surface area (Å²) in [4.78, 5) is 0. The third-order valence-corrected chi connectivity index (χ3v) is 3.47. The minimum absolute atomic E-state index is 0.0228. The molecule has 0 aliphatic carbocycles. The summed E-state index contributed by atoms with van der Waals surface area (Å²) in [5.74, 6) is 0. The summed E-state index contributed by atoms with van der Waals surface area (Å²) in [5, 5.41) is 13.4. The molecule has 0 fully saturated rings. The first-order valence-corrected chi connectivity index (χ1v) is 6.75. The molecule has 4 heteroatoms. The Kier molecular flexibility index (Phi) is 4.64. The molecule has 0 aliphatic rings. The Morgan fingerprint density at radius 3 is 2.56 bits per heavy atom. The maximum Gasteiger partial charge on any atom is 0.0759 e. The number of aliphatic hydroxyl groups excluding tert-OH is 1. The fourth-order valence-electron chi connectivity index (χ4n) is 1.74. The zero-order valence-electron chi connectivity index (χ0n) is 9.61. The monoisotopic (exact) mass is 325 g/mol. The van der Waals surface area contributed by atoms with Gasteiger partial charge in [0.15, 0.2) is 0 Å². The topological polar surface area (TPSA) is 32.3 Å². The van der Waals surface area contributed by atoms with Gasteiger partial charge in [-0.05, 0) is 35.9 Å². The van der Waals surface area contributed by atoms with Crippen molar-refractivity contribution in [3.05, 3.63) is 63.6 Å². The number of hydrogen-bond acceptors (Lipinski definition) is 2. The van der Waals surface area contributed by atoms with Gasteiger partial charge in [-0.25, -0.2) is 0 Å². The van der Waals surface area contributed by atoms with Crippen molar-refractivity contribution in [1.29, 1.82) is 0 Å². The van der Waals surface area contributed by atoms with Crippen molar-refractivity contribution in [2.45, 2.75) is 6.04 Å². The van der Waals surface area contributed by atoms with Crippen molar-refractivity contribution in [2.75, 3.05) is 11.9 Å². The third-order valence-electron chi connectivity index (χ3n) is 2.63. The molecule has 0 saturated carbocycles. The van der Waals surface area contributed by atoms with Gasteiger partial charge in [0.05, 0.1) is 12.6 Å². The van der Waals surface area contributed by atoms with Gasteiger partial charge in [-0.3, -0.25) is 0 Å². The van der Waals surface area contributed by atoms with Gasteiger partial charge in [0.1, 0.15) is 0 Å². The summed E-state index contributed by atoms with van der Waals surface area (Å²) in [6.07, 6.45) is 0. The van der Waals surface area contributed by atoms with E-state index in [4.69, 9.17) is 11.6 Å². The van der Waals surface area contributed by atoms with Crippen LogP contribution in [-0.4, -0.2) is 11.7 Å². The van der Waals surface area contributed by atoms with Crippen molar-refractivity contribution in [3.8, 4) is 0 Å².